The van der Waals surface area contributed by atoms with E-state index in [1.165, 1.54) is 0 Å². The Morgan fingerprint density at radius 3 is 2.50 bits per heavy atom. The smallest absolute Gasteiger partial charge is 0.238 e. The first kappa shape index (κ1) is 14.9. The summed E-state index contributed by atoms with van der Waals surface area (Å²) in [4.78, 5) is 13.9. The summed E-state index contributed by atoms with van der Waals surface area (Å²) in [5, 5.41) is 5.78. The van der Waals surface area contributed by atoms with Crippen LogP contribution in [0.4, 0.5) is 14.5 Å². The molecule has 1 saturated heterocycles. The molecule has 1 aliphatic rings. The highest BCUT2D eigenvalue weighted by Crippen LogP contribution is 2.14. The van der Waals surface area contributed by atoms with Gasteiger partial charge in [-0.2, -0.15) is 0 Å². The molecule has 0 atom stereocenters. The molecule has 0 spiro atoms. The monoisotopic (exact) mass is 283 g/mol. The van der Waals surface area contributed by atoms with Crippen molar-refractivity contribution in [3.8, 4) is 0 Å². The fraction of sp³-hybridized carbons (Fsp3) is 0.500. The number of amides is 1. The molecule has 1 aromatic carbocycles. The zero-order valence-electron chi connectivity index (χ0n) is 11.5. The number of halogens is 2. The van der Waals surface area contributed by atoms with E-state index in [-0.39, 0.29) is 18.1 Å². The second kappa shape index (κ2) is 6.76. The van der Waals surface area contributed by atoms with E-state index < -0.39 is 11.6 Å². The summed E-state index contributed by atoms with van der Waals surface area (Å²) >= 11 is 0. The lowest BCUT2D eigenvalue weighted by atomic mass is 10.1. The normalized spacial score (nSPS) is 16.4. The Hall–Kier alpha value is -1.53. The van der Waals surface area contributed by atoms with Gasteiger partial charge in [-0.3, -0.25) is 9.69 Å². The molecule has 0 bridgehead atoms. The average Bonchev–Trinajstić information content (AvgIpc) is 2.38. The summed E-state index contributed by atoms with van der Waals surface area (Å²) in [6.45, 7) is 2.11. The quantitative estimate of drug-likeness (QED) is 0.882. The summed E-state index contributed by atoms with van der Waals surface area (Å²) in [5.41, 5.74) is 0.145. The third-order valence-electron chi connectivity index (χ3n) is 3.47. The van der Waals surface area contributed by atoms with Crippen molar-refractivity contribution >= 4 is 11.6 Å². The lowest BCUT2D eigenvalue weighted by Gasteiger charge is -2.31. The number of hydrogen-bond donors (Lipinski definition) is 2. The van der Waals surface area contributed by atoms with E-state index in [2.05, 4.69) is 10.6 Å². The lowest BCUT2D eigenvalue weighted by molar-refractivity contribution is -0.117. The Balaban J connectivity index is 1.88. The first-order valence-corrected chi connectivity index (χ1v) is 6.71. The number of benzene rings is 1. The Morgan fingerprint density at radius 2 is 1.90 bits per heavy atom. The molecule has 20 heavy (non-hydrogen) atoms. The van der Waals surface area contributed by atoms with Gasteiger partial charge in [-0.1, -0.05) is 0 Å². The van der Waals surface area contributed by atoms with Gasteiger partial charge in [0.2, 0.25) is 5.91 Å². The zero-order chi connectivity index (χ0) is 14.5. The highest BCUT2D eigenvalue weighted by molar-refractivity contribution is 5.92. The number of rotatable bonds is 4. The maximum atomic E-state index is 13.0. The van der Waals surface area contributed by atoms with Gasteiger partial charge in [-0.25, -0.2) is 8.78 Å². The van der Waals surface area contributed by atoms with Crippen molar-refractivity contribution in [2.45, 2.75) is 18.9 Å². The predicted octanol–water partition coefficient (Wildman–Crippen LogP) is 1.59. The minimum atomic E-state index is -0.702. The van der Waals surface area contributed by atoms with Gasteiger partial charge in [-0.15, -0.1) is 0 Å². The second-order valence-corrected chi connectivity index (χ2v) is 5.10. The van der Waals surface area contributed by atoms with E-state index in [0.717, 1.165) is 44.1 Å². The van der Waals surface area contributed by atoms with Gasteiger partial charge >= 0.3 is 0 Å². The molecule has 6 heteroatoms. The molecule has 0 radical (unpaired) electrons. The standard InChI is InChI=1S/C14H19F2N3O/c1-19(13-2-4-17-5-3-13)9-14(20)18-12-7-10(15)6-11(16)8-12/h6-8,13,17H,2-5,9H2,1H3,(H,18,20). The van der Waals surface area contributed by atoms with Crippen LogP contribution in [0, 0.1) is 11.6 Å². The molecule has 2 N–H and O–H groups in total. The molecule has 0 saturated carbocycles. The van der Waals surface area contributed by atoms with Crippen LogP contribution < -0.4 is 10.6 Å². The molecule has 110 valence electrons. The fourth-order valence-electron chi connectivity index (χ4n) is 2.43. The van der Waals surface area contributed by atoms with E-state index >= 15 is 0 Å². The van der Waals surface area contributed by atoms with Crippen LogP contribution in [0.1, 0.15) is 12.8 Å². The SMILES string of the molecule is CN(CC(=O)Nc1cc(F)cc(F)c1)C1CCNCC1. The maximum Gasteiger partial charge on any atom is 0.238 e. The summed E-state index contributed by atoms with van der Waals surface area (Å²) in [6, 6.07) is 3.35. The molecular weight excluding hydrogens is 264 g/mol. The molecule has 1 fully saturated rings. The van der Waals surface area contributed by atoms with E-state index in [1.54, 1.807) is 0 Å². The summed E-state index contributed by atoms with van der Waals surface area (Å²) in [7, 11) is 1.89. The summed E-state index contributed by atoms with van der Waals surface area (Å²) in [6.07, 6.45) is 2.00. The molecule has 2 rings (SSSR count). The van der Waals surface area contributed by atoms with Gasteiger partial charge < -0.3 is 10.6 Å². The molecule has 4 nitrogen and oxygen atoms in total. The highest BCUT2D eigenvalue weighted by atomic mass is 19.1. The molecule has 0 unspecified atom stereocenters. The molecular formula is C14H19F2N3O. The molecule has 1 amide bonds. The van der Waals surface area contributed by atoms with Crippen molar-refractivity contribution in [2.24, 2.45) is 0 Å². The molecule has 1 heterocycles. The van der Waals surface area contributed by atoms with Crippen molar-refractivity contribution in [2.75, 3.05) is 32.0 Å². The van der Waals surface area contributed by atoms with Crippen molar-refractivity contribution in [3.05, 3.63) is 29.8 Å². The van der Waals surface area contributed by atoms with Crippen LogP contribution >= 0.6 is 0 Å². The molecule has 1 aromatic rings. The minimum Gasteiger partial charge on any atom is -0.325 e. The number of carbonyl (C=O) groups excluding carboxylic acids is 1. The van der Waals surface area contributed by atoms with Crippen molar-refractivity contribution in [1.29, 1.82) is 0 Å². The number of nitrogens with zero attached hydrogens (tertiary/aromatic N) is 1. The zero-order valence-corrected chi connectivity index (χ0v) is 11.5. The van der Waals surface area contributed by atoms with Crippen LogP contribution in [0.25, 0.3) is 0 Å². The Kier molecular flexibility index (Phi) is 5.03. The minimum absolute atomic E-state index is 0.145. The Morgan fingerprint density at radius 1 is 1.30 bits per heavy atom. The van der Waals surface area contributed by atoms with Crippen LogP contribution in [0.5, 0.6) is 0 Å². The largest absolute Gasteiger partial charge is 0.325 e. The predicted molar refractivity (Wildman–Crippen MR) is 73.5 cm³/mol. The topological polar surface area (TPSA) is 44.4 Å². The summed E-state index contributed by atoms with van der Waals surface area (Å²) < 4.78 is 26.0. The summed E-state index contributed by atoms with van der Waals surface area (Å²) in [5.74, 6) is -1.67. The van der Waals surface area contributed by atoms with Gasteiger partial charge in [0.15, 0.2) is 0 Å². The molecule has 1 aliphatic heterocycles. The van der Waals surface area contributed by atoms with Crippen molar-refractivity contribution in [1.82, 2.24) is 10.2 Å². The first-order valence-electron chi connectivity index (χ1n) is 6.71. The first-order chi connectivity index (χ1) is 9.54. The molecule has 0 aliphatic carbocycles. The maximum absolute atomic E-state index is 13.0. The Labute approximate surface area is 117 Å². The number of likely N-dealkylation sites (N-methyl/N-ethyl adjacent to an activating group) is 1. The average molecular weight is 283 g/mol. The lowest BCUT2D eigenvalue weighted by Crippen LogP contribution is -2.44. The van der Waals surface area contributed by atoms with Crippen LogP contribution in [-0.2, 0) is 4.79 Å². The van der Waals surface area contributed by atoms with E-state index in [0.29, 0.717) is 6.04 Å². The van der Waals surface area contributed by atoms with Crippen LogP contribution in [0.3, 0.4) is 0 Å². The van der Waals surface area contributed by atoms with E-state index in [9.17, 15) is 13.6 Å². The fourth-order valence-corrected chi connectivity index (χ4v) is 2.43. The van der Waals surface area contributed by atoms with Gasteiger partial charge in [-0.05, 0) is 45.1 Å². The molecule has 0 aromatic heterocycles. The van der Waals surface area contributed by atoms with E-state index in [4.69, 9.17) is 0 Å². The Bertz CT molecular complexity index is 455. The highest BCUT2D eigenvalue weighted by Gasteiger charge is 2.19. The number of nitrogens with one attached hydrogen (secondary N) is 2. The second-order valence-electron chi connectivity index (χ2n) is 5.10. The number of carbonyl (C=O) groups is 1. The van der Waals surface area contributed by atoms with Crippen LogP contribution in [0.15, 0.2) is 18.2 Å². The number of anilines is 1. The third kappa shape index (κ3) is 4.25. The number of piperidine rings is 1. The van der Waals surface area contributed by atoms with Gasteiger partial charge in [0, 0.05) is 17.8 Å². The van der Waals surface area contributed by atoms with E-state index in [1.807, 2.05) is 11.9 Å². The van der Waals surface area contributed by atoms with Gasteiger partial charge in [0.1, 0.15) is 11.6 Å². The van der Waals surface area contributed by atoms with Crippen LogP contribution in [-0.4, -0.2) is 43.5 Å². The van der Waals surface area contributed by atoms with Crippen LogP contribution in [0.2, 0.25) is 0 Å². The van der Waals surface area contributed by atoms with Crippen molar-refractivity contribution < 1.29 is 13.6 Å². The third-order valence-corrected chi connectivity index (χ3v) is 3.47. The van der Waals surface area contributed by atoms with Gasteiger partial charge in [0.25, 0.3) is 0 Å². The van der Waals surface area contributed by atoms with Crippen molar-refractivity contribution in [3.63, 3.8) is 0 Å². The number of hydrogen-bond acceptors (Lipinski definition) is 3. The van der Waals surface area contributed by atoms with Gasteiger partial charge in [0.05, 0.1) is 6.54 Å².